The van der Waals surface area contributed by atoms with Gasteiger partial charge in [0.05, 0.1) is 10.9 Å². The summed E-state index contributed by atoms with van der Waals surface area (Å²) in [4.78, 5) is 29.1. The van der Waals surface area contributed by atoms with Crippen LogP contribution in [0.2, 0.25) is 0 Å². The van der Waals surface area contributed by atoms with Crippen LogP contribution in [0.1, 0.15) is 18.4 Å². The standard InChI is InChI=1S/C16H17N5O2S2/c1-3-21-14(23)11-6-4-5-7-12(11)17-16(21)24-9-8-13(22)18-15-20-19-10(2)25-15/h4-7H,3,8-9H2,1-2H3,(H,18,20,22). The monoisotopic (exact) mass is 375 g/mol. The Labute approximate surface area is 152 Å². The zero-order valence-electron chi connectivity index (χ0n) is 13.9. The molecule has 0 aliphatic rings. The first-order chi connectivity index (χ1) is 12.1. The van der Waals surface area contributed by atoms with Crippen LogP contribution in [0.3, 0.4) is 0 Å². The second-order valence-electron chi connectivity index (χ2n) is 5.23. The number of benzene rings is 1. The molecule has 2 aromatic heterocycles. The van der Waals surface area contributed by atoms with Crippen molar-refractivity contribution >= 4 is 45.0 Å². The number of hydrogen-bond donors (Lipinski definition) is 1. The van der Waals surface area contributed by atoms with Crippen LogP contribution in [0.4, 0.5) is 5.13 Å². The number of aryl methyl sites for hydroxylation is 1. The number of fused-ring (bicyclic) bond motifs is 1. The van der Waals surface area contributed by atoms with Crippen molar-refractivity contribution in [2.75, 3.05) is 11.1 Å². The summed E-state index contributed by atoms with van der Waals surface area (Å²) in [6.07, 6.45) is 0.301. The average Bonchev–Trinajstić information content (AvgIpc) is 3.00. The molecule has 0 saturated heterocycles. The van der Waals surface area contributed by atoms with Gasteiger partial charge >= 0.3 is 0 Å². The minimum atomic E-state index is -0.130. The summed E-state index contributed by atoms with van der Waals surface area (Å²) in [6, 6.07) is 7.29. The third kappa shape index (κ3) is 4.05. The molecule has 7 nitrogen and oxygen atoms in total. The van der Waals surface area contributed by atoms with Crippen molar-refractivity contribution < 1.29 is 4.79 Å². The highest BCUT2D eigenvalue weighted by atomic mass is 32.2. The molecule has 0 bridgehead atoms. The van der Waals surface area contributed by atoms with E-state index < -0.39 is 0 Å². The molecule has 1 aromatic carbocycles. The van der Waals surface area contributed by atoms with Gasteiger partial charge < -0.3 is 5.32 Å². The number of anilines is 1. The molecule has 9 heteroatoms. The largest absolute Gasteiger partial charge is 0.301 e. The molecule has 0 unspecified atom stereocenters. The molecule has 1 amide bonds. The van der Waals surface area contributed by atoms with Crippen LogP contribution < -0.4 is 10.9 Å². The predicted molar refractivity (Wildman–Crippen MR) is 100 cm³/mol. The van der Waals surface area contributed by atoms with E-state index in [1.54, 1.807) is 10.6 Å². The Morgan fingerprint density at radius 3 is 2.84 bits per heavy atom. The minimum absolute atomic E-state index is 0.0515. The van der Waals surface area contributed by atoms with E-state index in [-0.39, 0.29) is 11.5 Å². The van der Waals surface area contributed by atoms with Crippen molar-refractivity contribution in [3.8, 4) is 0 Å². The zero-order chi connectivity index (χ0) is 17.8. The molecule has 1 N–H and O–H groups in total. The number of thioether (sulfide) groups is 1. The number of para-hydroxylation sites is 1. The maximum absolute atomic E-state index is 12.5. The van der Waals surface area contributed by atoms with E-state index in [4.69, 9.17) is 0 Å². The molecule has 25 heavy (non-hydrogen) atoms. The molecule has 0 spiro atoms. The smallest absolute Gasteiger partial charge is 0.262 e. The maximum atomic E-state index is 12.5. The Hall–Kier alpha value is -2.26. The number of hydrogen-bond acceptors (Lipinski definition) is 7. The Bertz CT molecular complexity index is 967. The molecule has 2 heterocycles. The van der Waals surface area contributed by atoms with Gasteiger partial charge in [0.15, 0.2) is 5.16 Å². The third-order valence-electron chi connectivity index (χ3n) is 3.48. The van der Waals surface area contributed by atoms with Crippen molar-refractivity contribution in [3.63, 3.8) is 0 Å². The van der Waals surface area contributed by atoms with Crippen LogP contribution >= 0.6 is 23.1 Å². The number of nitrogens with zero attached hydrogens (tertiary/aromatic N) is 4. The molecule has 0 saturated carbocycles. The van der Waals surface area contributed by atoms with E-state index in [1.807, 2.05) is 32.0 Å². The number of amides is 1. The lowest BCUT2D eigenvalue weighted by Gasteiger charge is -2.10. The van der Waals surface area contributed by atoms with E-state index in [9.17, 15) is 9.59 Å². The molecule has 130 valence electrons. The van der Waals surface area contributed by atoms with Crippen LogP contribution in [0, 0.1) is 6.92 Å². The summed E-state index contributed by atoms with van der Waals surface area (Å²) in [6.45, 7) is 4.28. The first kappa shape index (κ1) is 17.6. The minimum Gasteiger partial charge on any atom is -0.301 e. The SMILES string of the molecule is CCn1c(SCCC(=O)Nc2nnc(C)s2)nc2ccccc2c1=O. The summed E-state index contributed by atoms with van der Waals surface area (Å²) in [5.41, 5.74) is 0.623. The summed E-state index contributed by atoms with van der Waals surface area (Å²) >= 11 is 2.74. The first-order valence-electron chi connectivity index (χ1n) is 7.81. The summed E-state index contributed by atoms with van der Waals surface area (Å²) < 4.78 is 1.64. The van der Waals surface area contributed by atoms with Crippen LogP contribution in [-0.4, -0.2) is 31.4 Å². The fourth-order valence-electron chi connectivity index (χ4n) is 2.30. The maximum Gasteiger partial charge on any atom is 0.262 e. The normalized spacial score (nSPS) is 11.0. The van der Waals surface area contributed by atoms with Gasteiger partial charge in [-0.1, -0.05) is 35.2 Å². The van der Waals surface area contributed by atoms with Gasteiger partial charge in [-0.2, -0.15) is 0 Å². The van der Waals surface area contributed by atoms with Gasteiger partial charge in [-0.3, -0.25) is 14.2 Å². The lowest BCUT2D eigenvalue weighted by Crippen LogP contribution is -2.22. The Balaban J connectivity index is 1.68. The lowest BCUT2D eigenvalue weighted by atomic mass is 10.2. The molecule has 3 rings (SSSR count). The van der Waals surface area contributed by atoms with Gasteiger partial charge in [0.2, 0.25) is 11.0 Å². The van der Waals surface area contributed by atoms with E-state index in [2.05, 4.69) is 20.5 Å². The van der Waals surface area contributed by atoms with Gasteiger partial charge in [-0.25, -0.2) is 4.98 Å². The predicted octanol–water partition coefficient (Wildman–Crippen LogP) is 2.70. The topological polar surface area (TPSA) is 89.8 Å². The lowest BCUT2D eigenvalue weighted by molar-refractivity contribution is -0.115. The highest BCUT2D eigenvalue weighted by Gasteiger charge is 2.12. The van der Waals surface area contributed by atoms with Crippen molar-refractivity contribution in [1.29, 1.82) is 0 Å². The fraction of sp³-hybridized carbons (Fsp3) is 0.312. The van der Waals surface area contributed by atoms with Gasteiger partial charge in [0.25, 0.3) is 5.56 Å². The van der Waals surface area contributed by atoms with Crippen molar-refractivity contribution in [2.24, 2.45) is 0 Å². The fourth-order valence-corrected chi connectivity index (χ4v) is 3.91. The van der Waals surface area contributed by atoms with E-state index in [0.29, 0.717) is 39.9 Å². The number of carbonyl (C=O) groups is 1. The van der Waals surface area contributed by atoms with E-state index >= 15 is 0 Å². The van der Waals surface area contributed by atoms with E-state index in [1.165, 1.54) is 23.1 Å². The highest BCUT2D eigenvalue weighted by molar-refractivity contribution is 7.99. The van der Waals surface area contributed by atoms with Crippen LogP contribution in [0.5, 0.6) is 0 Å². The molecule has 0 fully saturated rings. The highest BCUT2D eigenvalue weighted by Crippen LogP contribution is 2.19. The van der Waals surface area contributed by atoms with Gasteiger partial charge in [0, 0.05) is 18.7 Å². The molecule has 0 atom stereocenters. The molecule has 0 aliphatic carbocycles. The van der Waals surface area contributed by atoms with Crippen molar-refractivity contribution in [2.45, 2.75) is 32.0 Å². The number of rotatable bonds is 6. The van der Waals surface area contributed by atoms with Crippen LogP contribution in [0.25, 0.3) is 10.9 Å². The second-order valence-corrected chi connectivity index (χ2v) is 7.48. The quantitative estimate of drug-likeness (QED) is 0.526. The Kier molecular flexibility index (Phi) is 5.44. The van der Waals surface area contributed by atoms with Crippen molar-refractivity contribution in [1.82, 2.24) is 19.7 Å². The number of nitrogens with one attached hydrogen (secondary N) is 1. The van der Waals surface area contributed by atoms with Gasteiger partial charge in [-0.15, -0.1) is 10.2 Å². The molecular weight excluding hydrogens is 358 g/mol. The summed E-state index contributed by atoms with van der Waals surface area (Å²) in [5.74, 6) is 0.392. The Morgan fingerprint density at radius 2 is 2.12 bits per heavy atom. The molecule has 0 aliphatic heterocycles. The van der Waals surface area contributed by atoms with Crippen molar-refractivity contribution in [3.05, 3.63) is 39.6 Å². The van der Waals surface area contributed by atoms with Crippen LogP contribution in [0.15, 0.2) is 34.2 Å². The zero-order valence-corrected chi connectivity index (χ0v) is 15.5. The molecule has 0 radical (unpaired) electrons. The first-order valence-corrected chi connectivity index (χ1v) is 9.61. The van der Waals surface area contributed by atoms with Gasteiger partial charge in [-0.05, 0) is 26.0 Å². The summed E-state index contributed by atoms with van der Waals surface area (Å²) in [7, 11) is 0. The van der Waals surface area contributed by atoms with Gasteiger partial charge in [0.1, 0.15) is 5.01 Å². The third-order valence-corrected chi connectivity index (χ3v) is 5.21. The number of aromatic nitrogens is 4. The second kappa shape index (κ2) is 7.75. The Morgan fingerprint density at radius 1 is 1.32 bits per heavy atom. The van der Waals surface area contributed by atoms with Crippen LogP contribution in [-0.2, 0) is 11.3 Å². The average molecular weight is 375 g/mol. The summed E-state index contributed by atoms with van der Waals surface area (Å²) in [5, 5.41) is 13.0. The van der Waals surface area contributed by atoms with E-state index in [0.717, 1.165) is 5.01 Å². The molecular formula is C16H17N5O2S2. The molecule has 3 aromatic rings. The number of carbonyl (C=O) groups excluding carboxylic acids is 1.